The number of fused-ring (bicyclic) bond motifs is 1. The van der Waals surface area contributed by atoms with Crippen LogP contribution < -0.4 is 14.8 Å². The third-order valence-electron chi connectivity index (χ3n) is 4.16. The molecule has 0 aromatic heterocycles. The predicted molar refractivity (Wildman–Crippen MR) is 101 cm³/mol. The Kier molecular flexibility index (Phi) is 5.33. The first-order valence-electron chi connectivity index (χ1n) is 8.57. The van der Waals surface area contributed by atoms with E-state index in [2.05, 4.69) is 10.0 Å². The highest BCUT2D eigenvalue weighted by molar-refractivity contribution is 7.89. The Hall–Kier alpha value is -2.65. The minimum Gasteiger partial charge on any atom is -0.493 e. The zero-order valence-corrected chi connectivity index (χ0v) is 15.8. The summed E-state index contributed by atoms with van der Waals surface area (Å²) in [6.07, 6.45) is 0.642. The Morgan fingerprint density at radius 2 is 1.96 bits per heavy atom. The van der Waals surface area contributed by atoms with E-state index in [-0.39, 0.29) is 28.4 Å². The van der Waals surface area contributed by atoms with Gasteiger partial charge in [-0.15, -0.1) is 0 Å². The van der Waals surface area contributed by atoms with Crippen molar-refractivity contribution in [1.82, 2.24) is 4.72 Å². The van der Waals surface area contributed by atoms with Gasteiger partial charge in [-0.25, -0.2) is 13.1 Å². The lowest BCUT2D eigenvalue weighted by Gasteiger charge is -2.27. The number of hydrogen-bond acceptors (Lipinski definition) is 6. The fourth-order valence-corrected chi connectivity index (χ4v) is 4.28. The van der Waals surface area contributed by atoms with E-state index < -0.39 is 14.9 Å². The smallest absolute Gasteiger partial charge is 0.293 e. The lowest BCUT2D eigenvalue weighted by Crippen LogP contribution is -2.30. The van der Waals surface area contributed by atoms with Crippen molar-refractivity contribution in [2.24, 2.45) is 0 Å². The molecule has 1 atom stereocenters. The summed E-state index contributed by atoms with van der Waals surface area (Å²) < 4.78 is 32.7. The van der Waals surface area contributed by atoms with Crippen LogP contribution in [0.15, 0.2) is 47.4 Å². The molecule has 0 unspecified atom stereocenters. The quantitative estimate of drug-likeness (QED) is 0.578. The molecule has 8 nitrogen and oxygen atoms in total. The molecule has 9 heteroatoms. The van der Waals surface area contributed by atoms with Gasteiger partial charge in [-0.05, 0) is 32.0 Å². The molecule has 2 aromatic rings. The summed E-state index contributed by atoms with van der Waals surface area (Å²) in [5.41, 5.74) is 0.895. The van der Waals surface area contributed by atoms with Crippen molar-refractivity contribution in [1.29, 1.82) is 0 Å². The summed E-state index contributed by atoms with van der Waals surface area (Å²) in [7, 11) is -3.82. The zero-order chi connectivity index (χ0) is 19.6. The second kappa shape index (κ2) is 7.53. The molecular formula is C18H21N3O5S. The van der Waals surface area contributed by atoms with Crippen LogP contribution in [0.4, 0.5) is 11.4 Å². The molecular weight excluding hydrogens is 370 g/mol. The number of benzene rings is 2. The number of rotatable bonds is 6. The van der Waals surface area contributed by atoms with E-state index in [0.717, 1.165) is 17.4 Å². The monoisotopic (exact) mass is 391 g/mol. The van der Waals surface area contributed by atoms with Gasteiger partial charge in [-0.2, -0.15) is 0 Å². The Bertz CT molecular complexity index is 959. The minimum absolute atomic E-state index is 0.138. The Morgan fingerprint density at radius 3 is 2.67 bits per heavy atom. The van der Waals surface area contributed by atoms with Crippen molar-refractivity contribution >= 4 is 21.4 Å². The molecule has 1 heterocycles. The number of sulfonamides is 1. The molecule has 3 rings (SSSR count). The van der Waals surface area contributed by atoms with Gasteiger partial charge < -0.3 is 10.1 Å². The number of hydrogen-bond donors (Lipinski definition) is 2. The van der Waals surface area contributed by atoms with Crippen molar-refractivity contribution in [3.8, 4) is 5.75 Å². The number of nitrogens with one attached hydrogen (secondary N) is 2. The number of ether oxygens (including phenoxy) is 1. The van der Waals surface area contributed by atoms with Crippen molar-refractivity contribution in [3.05, 3.63) is 58.1 Å². The van der Waals surface area contributed by atoms with Gasteiger partial charge in [0, 0.05) is 24.1 Å². The van der Waals surface area contributed by atoms with E-state index in [1.807, 2.05) is 24.3 Å². The van der Waals surface area contributed by atoms with Crippen LogP contribution in [0.1, 0.15) is 31.9 Å². The molecule has 1 aliphatic rings. The van der Waals surface area contributed by atoms with Gasteiger partial charge in [-0.1, -0.05) is 18.2 Å². The first-order valence-corrected chi connectivity index (χ1v) is 10.1. The van der Waals surface area contributed by atoms with Gasteiger partial charge in [0.25, 0.3) is 5.69 Å². The lowest BCUT2D eigenvalue weighted by molar-refractivity contribution is -0.384. The van der Waals surface area contributed by atoms with Gasteiger partial charge in [0.15, 0.2) is 0 Å². The van der Waals surface area contributed by atoms with Crippen molar-refractivity contribution in [2.75, 3.05) is 11.9 Å². The first-order chi connectivity index (χ1) is 12.8. The van der Waals surface area contributed by atoms with E-state index >= 15 is 0 Å². The van der Waals surface area contributed by atoms with Crippen molar-refractivity contribution in [2.45, 2.75) is 37.2 Å². The van der Waals surface area contributed by atoms with Gasteiger partial charge in [0.05, 0.1) is 22.5 Å². The summed E-state index contributed by atoms with van der Waals surface area (Å²) in [5, 5.41) is 14.7. The Morgan fingerprint density at radius 1 is 1.22 bits per heavy atom. The van der Waals surface area contributed by atoms with Gasteiger partial charge >= 0.3 is 0 Å². The average Bonchev–Trinajstić information content (AvgIpc) is 2.61. The van der Waals surface area contributed by atoms with E-state index in [4.69, 9.17) is 4.74 Å². The van der Waals surface area contributed by atoms with Crippen molar-refractivity contribution < 1.29 is 18.1 Å². The van der Waals surface area contributed by atoms with Gasteiger partial charge in [0.1, 0.15) is 11.4 Å². The number of nitrogens with zero attached hydrogens (tertiary/aromatic N) is 1. The summed E-state index contributed by atoms with van der Waals surface area (Å²) in [6, 6.07) is 10.9. The molecule has 0 saturated heterocycles. The molecule has 0 radical (unpaired) electrons. The maximum absolute atomic E-state index is 12.3. The molecule has 0 spiro atoms. The van der Waals surface area contributed by atoms with E-state index in [0.29, 0.717) is 13.0 Å². The lowest BCUT2D eigenvalue weighted by atomic mass is 10.00. The molecule has 1 aliphatic heterocycles. The zero-order valence-electron chi connectivity index (χ0n) is 15.0. The first kappa shape index (κ1) is 19.1. The van der Waals surface area contributed by atoms with Gasteiger partial charge in [-0.3, -0.25) is 10.1 Å². The standard InChI is InChI=1S/C18H21N3O5S/c1-12(2)20-27(24,25)13-7-8-16(17(11-13)21(22)23)19-15-9-10-26-18-6-4-3-5-14(15)18/h3-8,11-12,15,19-20H,9-10H2,1-2H3/t15-/m1/s1. The summed E-state index contributed by atoms with van der Waals surface area (Å²) in [5.74, 6) is 0.740. The molecule has 2 N–H and O–H groups in total. The summed E-state index contributed by atoms with van der Waals surface area (Å²) in [4.78, 5) is 10.8. The average molecular weight is 391 g/mol. The topological polar surface area (TPSA) is 111 Å². The normalized spacial score (nSPS) is 16.5. The van der Waals surface area contributed by atoms with Gasteiger partial charge in [0.2, 0.25) is 10.0 Å². The molecule has 27 heavy (non-hydrogen) atoms. The minimum atomic E-state index is -3.82. The van der Waals surface area contributed by atoms with Crippen LogP contribution in [0.2, 0.25) is 0 Å². The second-order valence-corrected chi connectivity index (χ2v) is 8.30. The third-order valence-corrected chi connectivity index (χ3v) is 5.81. The summed E-state index contributed by atoms with van der Waals surface area (Å²) in [6.45, 7) is 3.86. The molecule has 0 saturated carbocycles. The SMILES string of the molecule is CC(C)NS(=O)(=O)c1ccc(N[C@@H]2CCOc3ccccc32)c([N+](=O)[O-])c1. The number of nitro groups is 1. The maximum atomic E-state index is 12.3. The highest BCUT2D eigenvalue weighted by Gasteiger charge is 2.26. The number of anilines is 1. The number of para-hydroxylation sites is 1. The maximum Gasteiger partial charge on any atom is 0.293 e. The van der Waals surface area contributed by atoms with Crippen molar-refractivity contribution in [3.63, 3.8) is 0 Å². The Labute approximate surface area is 157 Å². The van der Waals surface area contributed by atoms with Crippen LogP contribution in [-0.2, 0) is 10.0 Å². The van der Waals surface area contributed by atoms with E-state index in [1.54, 1.807) is 13.8 Å². The van der Waals surface area contributed by atoms with Crippen LogP contribution in [0.25, 0.3) is 0 Å². The molecule has 144 valence electrons. The molecule has 0 fully saturated rings. The summed E-state index contributed by atoms with van der Waals surface area (Å²) >= 11 is 0. The fourth-order valence-electron chi connectivity index (χ4n) is 3.01. The predicted octanol–water partition coefficient (Wildman–Crippen LogP) is 3.22. The van der Waals surface area contributed by atoms with E-state index in [1.165, 1.54) is 12.1 Å². The fraction of sp³-hybridized carbons (Fsp3) is 0.333. The van der Waals surface area contributed by atoms with Crippen LogP contribution in [-0.4, -0.2) is 26.0 Å². The number of nitro benzene ring substituents is 1. The van der Waals surface area contributed by atoms with Crippen LogP contribution in [0.3, 0.4) is 0 Å². The molecule has 2 aromatic carbocycles. The van der Waals surface area contributed by atoms with E-state index in [9.17, 15) is 18.5 Å². The largest absolute Gasteiger partial charge is 0.493 e. The third kappa shape index (κ3) is 4.20. The van der Waals surface area contributed by atoms with Crippen LogP contribution >= 0.6 is 0 Å². The Balaban J connectivity index is 1.94. The second-order valence-electron chi connectivity index (χ2n) is 6.58. The molecule has 0 bridgehead atoms. The van der Waals surface area contributed by atoms with Crippen LogP contribution in [0, 0.1) is 10.1 Å². The molecule has 0 amide bonds. The van der Waals surface area contributed by atoms with Crippen LogP contribution in [0.5, 0.6) is 5.75 Å². The molecule has 0 aliphatic carbocycles. The highest BCUT2D eigenvalue weighted by Crippen LogP contribution is 2.37. The highest BCUT2D eigenvalue weighted by atomic mass is 32.2.